The largest absolute Gasteiger partial charge is 0.481 e. The minimum absolute atomic E-state index is 0.0290. The monoisotopic (exact) mass is 359 g/mol. The van der Waals surface area contributed by atoms with E-state index in [0.29, 0.717) is 12.3 Å². The van der Waals surface area contributed by atoms with Crippen molar-refractivity contribution in [3.8, 4) is 0 Å². The fourth-order valence-corrected chi connectivity index (χ4v) is 3.69. The predicted octanol–water partition coefficient (Wildman–Crippen LogP) is 3.06. The molecule has 2 aromatic rings. The van der Waals surface area contributed by atoms with Crippen LogP contribution >= 0.6 is 0 Å². The summed E-state index contributed by atoms with van der Waals surface area (Å²) in [5, 5.41) is 8.68. The van der Waals surface area contributed by atoms with E-state index in [1.165, 1.54) is 30.5 Å². The fourth-order valence-electron chi connectivity index (χ4n) is 2.67. The van der Waals surface area contributed by atoms with Crippen molar-refractivity contribution in [1.29, 1.82) is 0 Å². The lowest BCUT2D eigenvalue weighted by atomic mass is 10.1. The van der Waals surface area contributed by atoms with Crippen LogP contribution in [0, 0.1) is 0 Å². The molecule has 0 spiro atoms. The predicted molar refractivity (Wildman–Crippen MR) is 94.8 cm³/mol. The van der Waals surface area contributed by atoms with Crippen LogP contribution in [0.5, 0.6) is 0 Å². The van der Waals surface area contributed by atoms with Crippen molar-refractivity contribution in [2.75, 3.05) is 0 Å². The zero-order chi connectivity index (χ0) is 17.9. The van der Waals surface area contributed by atoms with E-state index < -0.39 is 16.0 Å². The number of aryl methyl sites for hydroxylation is 1. The molecule has 0 heterocycles. The van der Waals surface area contributed by atoms with E-state index in [2.05, 4.69) is 16.9 Å². The highest BCUT2D eigenvalue weighted by Crippen LogP contribution is 2.39. The Hall–Kier alpha value is -2.18. The third kappa shape index (κ3) is 4.90. The van der Waals surface area contributed by atoms with E-state index in [1.807, 2.05) is 12.1 Å². The third-order valence-electron chi connectivity index (χ3n) is 4.36. The number of nitrogens with one attached hydrogen (secondary N) is 1. The zero-order valence-corrected chi connectivity index (χ0v) is 14.6. The molecule has 132 valence electrons. The standard InChI is InChI=1S/C19H21NO4S/c21-19(22)12-5-14-3-10-18(11-4-14)25(23,24)20-13-15-1-6-16(7-2-15)17-8-9-17/h1-4,6-7,10-11,17,20H,5,8-9,12-13H2,(H,21,22). The van der Waals surface area contributed by atoms with Gasteiger partial charge in [0.15, 0.2) is 0 Å². The van der Waals surface area contributed by atoms with Crippen LogP contribution in [0.15, 0.2) is 53.4 Å². The third-order valence-corrected chi connectivity index (χ3v) is 5.77. The first-order valence-corrected chi connectivity index (χ1v) is 9.81. The molecule has 0 aromatic heterocycles. The van der Waals surface area contributed by atoms with Crippen molar-refractivity contribution in [3.05, 3.63) is 65.2 Å². The zero-order valence-electron chi connectivity index (χ0n) is 13.8. The van der Waals surface area contributed by atoms with E-state index >= 15 is 0 Å². The summed E-state index contributed by atoms with van der Waals surface area (Å²) < 4.78 is 27.3. The number of carboxylic acid groups (broad SMARTS) is 1. The molecule has 0 bridgehead atoms. The second-order valence-electron chi connectivity index (χ2n) is 6.38. The number of rotatable bonds is 8. The highest BCUT2D eigenvalue weighted by atomic mass is 32.2. The second-order valence-corrected chi connectivity index (χ2v) is 8.15. The normalized spacial score (nSPS) is 14.4. The SMILES string of the molecule is O=C(O)CCc1ccc(S(=O)(=O)NCc2ccc(C3CC3)cc2)cc1. The summed E-state index contributed by atoms with van der Waals surface area (Å²) in [6.45, 7) is 0.244. The van der Waals surface area contributed by atoms with E-state index in [-0.39, 0.29) is 17.9 Å². The van der Waals surface area contributed by atoms with Gasteiger partial charge < -0.3 is 5.11 Å². The first-order valence-electron chi connectivity index (χ1n) is 8.33. The molecule has 0 amide bonds. The molecule has 6 heteroatoms. The minimum Gasteiger partial charge on any atom is -0.481 e. The maximum Gasteiger partial charge on any atom is 0.303 e. The van der Waals surface area contributed by atoms with Gasteiger partial charge in [-0.1, -0.05) is 36.4 Å². The van der Waals surface area contributed by atoms with Crippen LogP contribution in [-0.4, -0.2) is 19.5 Å². The molecular formula is C19H21NO4S. The number of carboxylic acids is 1. The van der Waals surface area contributed by atoms with Gasteiger partial charge in [-0.25, -0.2) is 13.1 Å². The van der Waals surface area contributed by atoms with E-state index in [9.17, 15) is 13.2 Å². The van der Waals surface area contributed by atoms with Gasteiger partial charge in [0.05, 0.1) is 4.90 Å². The van der Waals surface area contributed by atoms with Crippen molar-refractivity contribution in [3.63, 3.8) is 0 Å². The minimum atomic E-state index is -3.59. The molecule has 1 fully saturated rings. The van der Waals surface area contributed by atoms with Crippen LogP contribution in [0.25, 0.3) is 0 Å². The Morgan fingerprint density at radius 2 is 1.60 bits per heavy atom. The average molecular weight is 359 g/mol. The van der Waals surface area contributed by atoms with Crippen LogP contribution in [0.4, 0.5) is 0 Å². The Balaban J connectivity index is 1.59. The number of aliphatic carboxylic acids is 1. The maximum atomic E-state index is 12.4. The molecule has 0 atom stereocenters. The Labute approximate surface area is 147 Å². The van der Waals surface area contributed by atoms with Crippen LogP contribution in [0.2, 0.25) is 0 Å². The summed E-state index contributed by atoms with van der Waals surface area (Å²) >= 11 is 0. The Morgan fingerprint density at radius 1 is 1.00 bits per heavy atom. The summed E-state index contributed by atoms with van der Waals surface area (Å²) in [7, 11) is -3.59. The molecule has 3 rings (SSSR count). The Morgan fingerprint density at radius 3 is 2.16 bits per heavy atom. The van der Waals surface area contributed by atoms with Crippen LogP contribution < -0.4 is 4.72 Å². The van der Waals surface area contributed by atoms with Crippen LogP contribution in [0.1, 0.15) is 41.9 Å². The molecule has 2 N–H and O–H groups in total. The summed E-state index contributed by atoms with van der Waals surface area (Å²) in [5.41, 5.74) is 3.05. The first kappa shape index (κ1) is 17.6. The number of benzene rings is 2. The lowest BCUT2D eigenvalue weighted by molar-refractivity contribution is -0.136. The van der Waals surface area contributed by atoms with E-state index in [4.69, 9.17) is 5.11 Å². The van der Waals surface area contributed by atoms with Gasteiger partial charge in [-0.05, 0) is 54.0 Å². The number of hydrogen-bond donors (Lipinski definition) is 2. The molecule has 1 saturated carbocycles. The lowest BCUT2D eigenvalue weighted by Crippen LogP contribution is -2.23. The molecule has 0 unspecified atom stereocenters. The number of hydrogen-bond acceptors (Lipinski definition) is 3. The topological polar surface area (TPSA) is 83.5 Å². The van der Waals surface area contributed by atoms with Gasteiger partial charge in [-0.3, -0.25) is 4.79 Å². The van der Waals surface area contributed by atoms with Gasteiger partial charge in [0.25, 0.3) is 0 Å². The van der Waals surface area contributed by atoms with Crippen LogP contribution in [0.3, 0.4) is 0 Å². The molecule has 0 radical (unpaired) electrons. The summed E-state index contributed by atoms with van der Waals surface area (Å²) in [4.78, 5) is 10.8. The molecular weight excluding hydrogens is 338 g/mol. The maximum absolute atomic E-state index is 12.4. The molecule has 2 aromatic carbocycles. The summed E-state index contributed by atoms with van der Waals surface area (Å²) in [6.07, 6.45) is 2.90. The van der Waals surface area contributed by atoms with Gasteiger partial charge >= 0.3 is 5.97 Å². The molecule has 1 aliphatic carbocycles. The van der Waals surface area contributed by atoms with E-state index in [0.717, 1.165) is 11.1 Å². The Bertz CT molecular complexity index is 838. The smallest absolute Gasteiger partial charge is 0.303 e. The van der Waals surface area contributed by atoms with Gasteiger partial charge in [0.2, 0.25) is 10.0 Å². The Kier molecular flexibility index (Phi) is 5.20. The second kappa shape index (κ2) is 7.37. The highest BCUT2D eigenvalue weighted by Gasteiger charge is 2.23. The van der Waals surface area contributed by atoms with Crippen molar-refractivity contribution in [2.24, 2.45) is 0 Å². The van der Waals surface area contributed by atoms with E-state index in [1.54, 1.807) is 12.1 Å². The lowest BCUT2D eigenvalue weighted by Gasteiger charge is -2.08. The number of carbonyl (C=O) groups is 1. The summed E-state index contributed by atoms with van der Waals surface area (Å²) in [5.74, 6) is -0.184. The van der Waals surface area contributed by atoms with Crippen molar-refractivity contribution >= 4 is 16.0 Å². The first-order chi connectivity index (χ1) is 11.9. The van der Waals surface area contributed by atoms with Crippen molar-refractivity contribution in [2.45, 2.75) is 43.0 Å². The van der Waals surface area contributed by atoms with Crippen molar-refractivity contribution in [1.82, 2.24) is 4.72 Å². The molecule has 5 nitrogen and oxygen atoms in total. The number of sulfonamides is 1. The van der Waals surface area contributed by atoms with Gasteiger partial charge in [0.1, 0.15) is 0 Å². The molecule has 1 aliphatic rings. The molecule has 0 aliphatic heterocycles. The molecule has 25 heavy (non-hydrogen) atoms. The molecule has 0 saturated heterocycles. The fraction of sp³-hybridized carbons (Fsp3) is 0.316. The van der Waals surface area contributed by atoms with Crippen LogP contribution in [-0.2, 0) is 27.8 Å². The summed E-state index contributed by atoms with van der Waals surface area (Å²) in [6, 6.07) is 14.4. The van der Waals surface area contributed by atoms with Gasteiger partial charge in [-0.15, -0.1) is 0 Å². The van der Waals surface area contributed by atoms with Gasteiger partial charge in [0, 0.05) is 13.0 Å². The van der Waals surface area contributed by atoms with Gasteiger partial charge in [-0.2, -0.15) is 0 Å². The highest BCUT2D eigenvalue weighted by molar-refractivity contribution is 7.89. The average Bonchev–Trinajstić information content (AvgIpc) is 3.44. The van der Waals surface area contributed by atoms with Crippen molar-refractivity contribution < 1.29 is 18.3 Å². The quantitative estimate of drug-likeness (QED) is 0.759.